The zero-order valence-corrected chi connectivity index (χ0v) is 39.3. The molecule has 0 spiro atoms. The van der Waals surface area contributed by atoms with Gasteiger partial charge in [0, 0.05) is 59.4 Å². The van der Waals surface area contributed by atoms with E-state index in [1.54, 1.807) is 69.4 Å². The molecule has 3 heterocycles. The summed E-state index contributed by atoms with van der Waals surface area (Å²) in [7, 11) is 4.52. The van der Waals surface area contributed by atoms with Crippen molar-refractivity contribution >= 4 is 29.7 Å². The Morgan fingerprint density at radius 3 is 2.05 bits per heavy atom. The van der Waals surface area contributed by atoms with Crippen LogP contribution in [0.25, 0.3) is 0 Å². The topological polar surface area (TPSA) is 224 Å². The molecule has 0 aromatic carbocycles. The molecule has 0 unspecified atom stereocenters. The van der Waals surface area contributed by atoms with Gasteiger partial charge in [-0.3, -0.25) is 19.2 Å². The summed E-state index contributed by atoms with van der Waals surface area (Å²) in [5.74, 6) is -5.69. The first kappa shape index (κ1) is 53.1. The lowest BCUT2D eigenvalue weighted by Gasteiger charge is -2.50. The summed E-state index contributed by atoms with van der Waals surface area (Å²) in [6.45, 7) is 22.7. The first-order chi connectivity index (χ1) is 28.7. The highest BCUT2D eigenvalue weighted by Gasteiger charge is 2.55. The Hall–Kier alpha value is -3.23. The van der Waals surface area contributed by atoms with E-state index in [0.29, 0.717) is 6.42 Å². The van der Waals surface area contributed by atoms with Gasteiger partial charge in [0.1, 0.15) is 23.4 Å². The summed E-state index contributed by atoms with van der Waals surface area (Å²) in [6.07, 6.45) is -9.31. The number of rotatable bonds is 11. The van der Waals surface area contributed by atoms with Crippen LogP contribution in [0.4, 0.5) is 0 Å². The van der Waals surface area contributed by atoms with E-state index in [-0.39, 0.29) is 25.2 Å². The molecule has 356 valence electrons. The zero-order valence-electron chi connectivity index (χ0n) is 39.3. The first-order valence-electron chi connectivity index (χ1n) is 21.6. The number of carbonyl (C=O) groups is 5. The number of likely N-dealkylation sites (N-methyl/N-ethyl adjacent to an activating group) is 1. The molecule has 62 heavy (non-hydrogen) atoms. The highest BCUT2D eigenvalue weighted by Crippen LogP contribution is 2.42. The minimum absolute atomic E-state index is 0.000969. The number of hydrogen-bond donors (Lipinski definition) is 3. The summed E-state index contributed by atoms with van der Waals surface area (Å²) in [4.78, 5) is 67.7. The predicted molar refractivity (Wildman–Crippen MR) is 223 cm³/mol. The van der Waals surface area contributed by atoms with Crippen LogP contribution in [0.1, 0.15) is 109 Å². The monoisotopic (exact) mass is 887 g/mol. The van der Waals surface area contributed by atoms with Crippen molar-refractivity contribution < 1.29 is 76.8 Å². The average Bonchev–Trinajstić information content (AvgIpc) is 3.20. The highest BCUT2D eigenvalue weighted by molar-refractivity contribution is 5.81. The lowest BCUT2D eigenvalue weighted by molar-refractivity contribution is -0.320. The standard InChI is InChI=1S/C44H74N2O16/c1-17-31-44(13,53)36(50)26(7)45-39(51)22(3)20-42(11,54-15)37(62-41-35(58-29(10)48)30(19-23(4)56-41)46(14)28(9)47)24(5)34(25(6)40(52)59-31)61-33-21-43(12,55-16)38(27(8)57-33)60-32(49)18-2/h18,22-27,30-31,33-38,41,50,53H,2,17,19-21H2,1,3-16H3,(H,45,51)/t22-,23-,24+,25-,26-,27+,30+,31-,33+,34+,35-,36-,37-,38+,41+,42-,43-,44-/m1/s1. The summed E-state index contributed by atoms with van der Waals surface area (Å²) in [5.41, 5.74) is -4.56. The first-order valence-corrected chi connectivity index (χ1v) is 21.6. The summed E-state index contributed by atoms with van der Waals surface area (Å²) >= 11 is 0. The molecule has 0 bridgehead atoms. The van der Waals surface area contributed by atoms with Crippen LogP contribution in [0.5, 0.6) is 0 Å². The second kappa shape index (κ2) is 21.6. The van der Waals surface area contributed by atoms with Crippen molar-refractivity contribution in [1.82, 2.24) is 10.2 Å². The van der Waals surface area contributed by atoms with Crippen molar-refractivity contribution in [3.05, 3.63) is 12.7 Å². The normalized spacial score (nSPS) is 42.6. The van der Waals surface area contributed by atoms with Gasteiger partial charge >= 0.3 is 17.9 Å². The molecule has 3 rings (SSSR count). The molecule has 0 aromatic rings. The highest BCUT2D eigenvalue weighted by atomic mass is 16.7. The van der Waals surface area contributed by atoms with Crippen molar-refractivity contribution in [3.63, 3.8) is 0 Å². The van der Waals surface area contributed by atoms with E-state index in [1.165, 1.54) is 39.9 Å². The van der Waals surface area contributed by atoms with Crippen molar-refractivity contribution in [3.8, 4) is 0 Å². The quantitative estimate of drug-likeness (QED) is 0.154. The molecule has 18 heteroatoms. The molecule has 3 aliphatic rings. The third-order valence-electron chi connectivity index (χ3n) is 13.1. The molecule has 0 aromatic heterocycles. The van der Waals surface area contributed by atoms with Crippen molar-refractivity contribution in [2.45, 2.75) is 199 Å². The number of hydrogen-bond acceptors (Lipinski definition) is 16. The number of methoxy groups -OCH3 is 2. The summed E-state index contributed by atoms with van der Waals surface area (Å²) in [6, 6.07) is -1.65. The summed E-state index contributed by atoms with van der Waals surface area (Å²) < 4.78 is 56.4. The van der Waals surface area contributed by atoms with E-state index < -0.39 is 132 Å². The van der Waals surface area contributed by atoms with Gasteiger partial charge in [0.2, 0.25) is 11.8 Å². The molecular weight excluding hydrogens is 812 g/mol. The number of cyclic esters (lactones) is 1. The van der Waals surface area contributed by atoms with Crippen molar-refractivity contribution in [2.24, 2.45) is 17.8 Å². The molecule has 18 nitrogen and oxygen atoms in total. The third-order valence-corrected chi connectivity index (χ3v) is 13.1. The van der Waals surface area contributed by atoms with Crippen LogP contribution in [0.2, 0.25) is 0 Å². The van der Waals surface area contributed by atoms with E-state index in [0.717, 1.165) is 6.08 Å². The largest absolute Gasteiger partial charge is 0.459 e. The van der Waals surface area contributed by atoms with Gasteiger partial charge < -0.3 is 63.1 Å². The second-order valence-corrected chi connectivity index (χ2v) is 18.1. The zero-order chi connectivity index (χ0) is 47.2. The fraction of sp³-hybridized carbons (Fsp3) is 0.841. The Balaban J connectivity index is 2.31. The van der Waals surface area contributed by atoms with Crippen LogP contribution >= 0.6 is 0 Å². The Labute approximate surface area is 366 Å². The molecule has 0 aliphatic carbocycles. The predicted octanol–water partition coefficient (Wildman–Crippen LogP) is 2.96. The van der Waals surface area contributed by atoms with Gasteiger partial charge in [0.15, 0.2) is 24.8 Å². The Morgan fingerprint density at radius 1 is 0.919 bits per heavy atom. The van der Waals surface area contributed by atoms with Gasteiger partial charge in [-0.2, -0.15) is 0 Å². The Kier molecular flexibility index (Phi) is 18.5. The number of esters is 3. The molecule has 0 radical (unpaired) electrons. The molecule has 0 saturated carbocycles. The molecule has 2 amide bonds. The SMILES string of the molecule is C=CC(=O)O[C@H]1[C@H](C)O[C@@H](O[C@H]2[C@H](C)[C@@H](O[C@@H]3O[C@H](C)C[C@H](N(C)C(C)=O)[C@H]3OC(C)=O)[C@](C)(OC)C[C@@H](C)C(=O)N[C@H](C)[C@@H](O)[C@](C)(O)[C@@H](CC)OC(=O)[C@@H]2C)C[C@@]1(C)OC. The number of nitrogens with zero attached hydrogens (tertiary/aromatic N) is 1. The van der Waals surface area contributed by atoms with Gasteiger partial charge in [-0.15, -0.1) is 0 Å². The van der Waals surface area contributed by atoms with Crippen LogP contribution in [-0.2, 0) is 66.6 Å². The van der Waals surface area contributed by atoms with E-state index in [1.807, 2.05) is 0 Å². The smallest absolute Gasteiger partial charge is 0.330 e. The number of ether oxygens (including phenoxy) is 9. The Bertz CT molecular complexity index is 1580. The molecular formula is C44H74N2O16. The fourth-order valence-corrected chi connectivity index (χ4v) is 9.21. The number of amides is 2. The molecule has 3 N–H and O–H groups in total. The molecule has 18 atom stereocenters. The van der Waals surface area contributed by atoms with Crippen LogP contribution in [-0.4, -0.2) is 156 Å². The fourth-order valence-electron chi connectivity index (χ4n) is 9.21. The summed E-state index contributed by atoms with van der Waals surface area (Å²) in [5, 5.41) is 26.0. The van der Waals surface area contributed by atoms with E-state index in [2.05, 4.69) is 11.9 Å². The lowest BCUT2D eigenvalue weighted by atomic mass is 9.77. The maximum Gasteiger partial charge on any atom is 0.330 e. The van der Waals surface area contributed by atoms with Gasteiger partial charge in [-0.25, -0.2) is 4.79 Å². The number of aliphatic hydroxyl groups excluding tert-OH is 1. The van der Waals surface area contributed by atoms with E-state index in [4.69, 9.17) is 42.6 Å². The number of nitrogens with one attached hydrogen (secondary N) is 1. The maximum absolute atomic E-state index is 14.5. The number of aliphatic hydroxyl groups is 2. The van der Waals surface area contributed by atoms with Crippen LogP contribution < -0.4 is 5.32 Å². The van der Waals surface area contributed by atoms with Gasteiger partial charge in [0.05, 0.1) is 48.0 Å². The van der Waals surface area contributed by atoms with Crippen LogP contribution in [0.3, 0.4) is 0 Å². The second-order valence-electron chi connectivity index (χ2n) is 18.1. The van der Waals surface area contributed by atoms with Gasteiger partial charge in [-0.1, -0.05) is 27.4 Å². The minimum Gasteiger partial charge on any atom is -0.459 e. The Morgan fingerprint density at radius 2 is 1.52 bits per heavy atom. The lowest BCUT2D eigenvalue weighted by Crippen LogP contribution is -2.62. The van der Waals surface area contributed by atoms with Gasteiger partial charge in [-0.05, 0) is 67.7 Å². The van der Waals surface area contributed by atoms with Crippen LogP contribution in [0.15, 0.2) is 12.7 Å². The molecule has 3 saturated heterocycles. The molecule has 3 fully saturated rings. The molecule has 3 aliphatic heterocycles. The maximum atomic E-state index is 14.5. The van der Waals surface area contributed by atoms with Crippen molar-refractivity contribution in [1.29, 1.82) is 0 Å². The average molecular weight is 887 g/mol. The third kappa shape index (κ3) is 12.1. The van der Waals surface area contributed by atoms with E-state index >= 15 is 0 Å². The van der Waals surface area contributed by atoms with E-state index in [9.17, 15) is 34.2 Å². The van der Waals surface area contributed by atoms with Crippen LogP contribution in [0, 0.1) is 17.8 Å². The number of carbonyl (C=O) groups excluding carboxylic acids is 5. The van der Waals surface area contributed by atoms with Crippen molar-refractivity contribution in [2.75, 3.05) is 21.3 Å². The van der Waals surface area contributed by atoms with Gasteiger partial charge in [0.25, 0.3) is 0 Å². The minimum atomic E-state index is -2.01.